The van der Waals surface area contributed by atoms with E-state index in [0.29, 0.717) is 5.56 Å². The van der Waals surface area contributed by atoms with Crippen molar-refractivity contribution in [3.8, 4) is 0 Å². The minimum Gasteiger partial charge on any atom is -0.388 e. The van der Waals surface area contributed by atoms with Crippen LogP contribution in [0.5, 0.6) is 0 Å². The van der Waals surface area contributed by atoms with Gasteiger partial charge in [0.15, 0.2) is 0 Å². The first kappa shape index (κ1) is 15.2. The molecular formula is C14H10Br3FO. The molecule has 0 aromatic heterocycles. The number of hydrogen-bond acceptors (Lipinski definition) is 1. The van der Waals surface area contributed by atoms with E-state index in [1.54, 1.807) is 12.1 Å². The highest BCUT2D eigenvalue weighted by Crippen LogP contribution is 2.28. The molecule has 1 unspecified atom stereocenters. The van der Waals surface area contributed by atoms with Gasteiger partial charge in [0.05, 0.1) is 6.10 Å². The van der Waals surface area contributed by atoms with Crippen LogP contribution in [-0.4, -0.2) is 5.11 Å². The van der Waals surface area contributed by atoms with Crippen molar-refractivity contribution in [2.45, 2.75) is 12.5 Å². The molecular weight excluding hydrogens is 443 g/mol. The summed E-state index contributed by atoms with van der Waals surface area (Å²) in [5.74, 6) is -0.307. The maximum absolute atomic E-state index is 13.6. The Kier molecular flexibility index (Phi) is 5.17. The lowest BCUT2D eigenvalue weighted by Crippen LogP contribution is -2.03. The number of halogens is 4. The summed E-state index contributed by atoms with van der Waals surface area (Å²) in [5.41, 5.74) is 1.23. The number of benzene rings is 2. The van der Waals surface area contributed by atoms with Crippen LogP contribution in [-0.2, 0) is 6.42 Å². The average Bonchev–Trinajstić information content (AvgIpc) is 2.37. The summed E-state index contributed by atoms with van der Waals surface area (Å²) in [7, 11) is 0. The van der Waals surface area contributed by atoms with Gasteiger partial charge in [-0.3, -0.25) is 0 Å². The molecule has 0 aliphatic carbocycles. The Morgan fingerprint density at radius 3 is 2.42 bits per heavy atom. The van der Waals surface area contributed by atoms with Crippen molar-refractivity contribution in [2.24, 2.45) is 0 Å². The van der Waals surface area contributed by atoms with Crippen LogP contribution in [0.3, 0.4) is 0 Å². The van der Waals surface area contributed by atoms with E-state index < -0.39 is 6.10 Å². The number of rotatable bonds is 3. The third kappa shape index (κ3) is 3.88. The van der Waals surface area contributed by atoms with E-state index in [1.807, 2.05) is 18.2 Å². The van der Waals surface area contributed by atoms with Crippen LogP contribution in [0.2, 0.25) is 0 Å². The average molecular weight is 453 g/mol. The quantitative estimate of drug-likeness (QED) is 0.662. The molecule has 1 nitrogen and oxygen atoms in total. The summed E-state index contributed by atoms with van der Waals surface area (Å²) >= 11 is 10.1. The molecule has 1 atom stereocenters. The number of hydrogen-bond donors (Lipinski definition) is 1. The van der Waals surface area contributed by atoms with Crippen molar-refractivity contribution in [1.29, 1.82) is 0 Å². The first-order valence-corrected chi connectivity index (χ1v) is 7.92. The largest absolute Gasteiger partial charge is 0.388 e. The lowest BCUT2D eigenvalue weighted by molar-refractivity contribution is 0.177. The van der Waals surface area contributed by atoms with Gasteiger partial charge >= 0.3 is 0 Å². The Balaban J connectivity index is 2.22. The van der Waals surface area contributed by atoms with Gasteiger partial charge in [0, 0.05) is 19.8 Å². The van der Waals surface area contributed by atoms with Gasteiger partial charge in [-0.15, -0.1) is 0 Å². The summed E-state index contributed by atoms with van der Waals surface area (Å²) in [4.78, 5) is 0. The van der Waals surface area contributed by atoms with Crippen LogP contribution in [0.25, 0.3) is 0 Å². The molecule has 1 N–H and O–H groups in total. The van der Waals surface area contributed by atoms with Gasteiger partial charge in [-0.25, -0.2) is 4.39 Å². The van der Waals surface area contributed by atoms with Gasteiger partial charge in [-0.1, -0.05) is 22.0 Å². The summed E-state index contributed by atoms with van der Waals surface area (Å²) in [6, 6.07) is 10.2. The third-order valence-corrected chi connectivity index (χ3v) is 5.12. The van der Waals surface area contributed by atoms with Crippen LogP contribution in [0.15, 0.2) is 49.8 Å². The first-order valence-electron chi connectivity index (χ1n) is 5.54. The number of aliphatic hydroxyl groups excluding tert-OH is 1. The predicted molar refractivity (Wildman–Crippen MR) is 84.6 cm³/mol. The van der Waals surface area contributed by atoms with Crippen LogP contribution in [0, 0.1) is 5.82 Å². The monoisotopic (exact) mass is 450 g/mol. The van der Waals surface area contributed by atoms with Crippen molar-refractivity contribution < 1.29 is 9.50 Å². The van der Waals surface area contributed by atoms with Crippen LogP contribution in [0.1, 0.15) is 17.2 Å². The Bertz CT molecular complexity index is 601. The summed E-state index contributed by atoms with van der Waals surface area (Å²) in [5, 5.41) is 10.2. The Labute approximate surface area is 136 Å². The molecule has 0 amide bonds. The standard InChI is InChI=1S/C14H10Br3FO/c15-10-2-4-13(18)9(5-10)7-14(19)8-1-3-11(16)12(17)6-8/h1-6,14,19H,7H2. The Morgan fingerprint density at radius 2 is 1.74 bits per heavy atom. The molecule has 0 fully saturated rings. The van der Waals surface area contributed by atoms with Gasteiger partial charge in [0.1, 0.15) is 5.82 Å². The zero-order valence-corrected chi connectivity index (χ0v) is 14.5. The van der Waals surface area contributed by atoms with Crippen LogP contribution >= 0.6 is 47.8 Å². The molecule has 2 aromatic carbocycles. The molecule has 0 radical (unpaired) electrons. The van der Waals surface area contributed by atoms with Gasteiger partial charge in [0.2, 0.25) is 0 Å². The molecule has 0 heterocycles. The van der Waals surface area contributed by atoms with Gasteiger partial charge in [-0.05, 0) is 73.3 Å². The fourth-order valence-electron chi connectivity index (χ4n) is 1.75. The maximum Gasteiger partial charge on any atom is 0.126 e. The molecule has 0 bridgehead atoms. The predicted octanol–water partition coefficient (Wildman–Crippen LogP) is 5.39. The highest BCUT2D eigenvalue weighted by Gasteiger charge is 2.13. The highest BCUT2D eigenvalue weighted by atomic mass is 79.9. The van der Waals surface area contributed by atoms with E-state index in [9.17, 15) is 9.50 Å². The van der Waals surface area contributed by atoms with Crippen molar-refractivity contribution >= 4 is 47.8 Å². The van der Waals surface area contributed by atoms with Crippen molar-refractivity contribution in [3.05, 3.63) is 66.8 Å². The fourth-order valence-corrected chi connectivity index (χ4v) is 2.80. The van der Waals surface area contributed by atoms with E-state index in [0.717, 1.165) is 19.0 Å². The molecule has 0 aliphatic heterocycles. The maximum atomic E-state index is 13.6. The molecule has 0 saturated heterocycles. The molecule has 0 aliphatic rings. The summed E-state index contributed by atoms with van der Waals surface area (Å²) in [6.07, 6.45) is -0.507. The minimum atomic E-state index is -0.742. The van der Waals surface area contributed by atoms with Gasteiger partial charge < -0.3 is 5.11 Å². The Morgan fingerprint density at radius 1 is 1.00 bits per heavy atom. The lowest BCUT2D eigenvalue weighted by atomic mass is 10.0. The second kappa shape index (κ2) is 6.48. The lowest BCUT2D eigenvalue weighted by Gasteiger charge is -2.13. The zero-order valence-electron chi connectivity index (χ0n) is 9.71. The normalized spacial score (nSPS) is 12.5. The second-order valence-electron chi connectivity index (χ2n) is 4.13. The zero-order chi connectivity index (χ0) is 14.0. The molecule has 19 heavy (non-hydrogen) atoms. The number of aliphatic hydroxyl groups is 1. The fraction of sp³-hybridized carbons (Fsp3) is 0.143. The minimum absolute atomic E-state index is 0.235. The molecule has 5 heteroatoms. The van der Waals surface area contributed by atoms with E-state index >= 15 is 0 Å². The van der Waals surface area contributed by atoms with Crippen LogP contribution < -0.4 is 0 Å². The molecule has 0 spiro atoms. The van der Waals surface area contributed by atoms with E-state index in [2.05, 4.69) is 47.8 Å². The molecule has 100 valence electrons. The smallest absolute Gasteiger partial charge is 0.126 e. The SMILES string of the molecule is OC(Cc1cc(Br)ccc1F)c1ccc(Br)c(Br)c1. The highest BCUT2D eigenvalue weighted by molar-refractivity contribution is 9.13. The molecule has 2 aromatic rings. The van der Waals surface area contributed by atoms with Crippen molar-refractivity contribution in [3.63, 3.8) is 0 Å². The van der Waals surface area contributed by atoms with Crippen LogP contribution in [0.4, 0.5) is 4.39 Å². The second-order valence-corrected chi connectivity index (χ2v) is 6.75. The van der Waals surface area contributed by atoms with Crippen molar-refractivity contribution in [1.82, 2.24) is 0 Å². The van der Waals surface area contributed by atoms with Gasteiger partial charge in [-0.2, -0.15) is 0 Å². The molecule has 0 saturated carbocycles. The summed E-state index contributed by atoms with van der Waals surface area (Å²) in [6.45, 7) is 0. The van der Waals surface area contributed by atoms with E-state index in [4.69, 9.17) is 0 Å². The van der Waals surface area contributed by atoms with Gasteiger partial charge in [0.25, 0.3) is 0 Å². The molecule has 2 rings (SSSR count). The topological polar surface area (TPSA) is 20.2 Å². The summed E-state index contributed by atoms with van der Waals surface area (Å²) < 4.78 is 16.2. The first-order chi connectivity index (χ1) is 8.97. The van der Waals surface area contributed by atoms with E-state index in [1.165, 1.54) is 6.07 Å². The van der Waals surface area contributed by atoms with Crippen molar-refractivity contribution in [2.75, 3.05) is 0 Å². The third-order valence-electron chi connectivity index (χ3n) is 2.75. The van der Waals surface area contributed by atoms with E-state index in [-0.39, 0.29) is 12.2 Å². The Hall–Kier alpha value is -0.230.